The lowest BCUT2D eigenvalue weighted by Crippen LogP contribution is -2.34. The molecule has 6 nitrogen and oxygen atoms in total. The summed E-state index contributed by atoms with van der Waals surface area (Å²) in [7, 11) is 0. The van der Waals surface area contributed by atoms with Crippen LogP contribution < -0.4 is 5.32 Å². The summed E-state index contributed by atoms with van der Waals surface area (Å²) in [6.07, 6.45) is 4.15. The number of benzene rings is 1. The lowest BCUT2D eigenvalue weighted by atomic mass is 10.0. The first-order valence-corrected chi connectivity index (χ1v) is 8.77. The average Bonchev–Trinajstić information content (AvgIpc) is 3.24. The molecule has 4 rings (SSSR count). The lowest BCUT2D eigenvalue weighted by molar-refractivity contribution is -0.121. The molecule has 0 aliphatic rings. The maximum absolute atomic E-state index is 12.7. The molecule has 1 atom stereocenters. The second-order valence-corrected chi connectivity index (χ2v) is 6.81. The number of para-hydroxylation sites is 1. The molecule has 0 spiro atoms. The van der Waals surface area contributed by atoms with Crippen molar-refractivity contribution in [3.05, 3.63) is 66.2 Å². The van der Waals surface area contributed by atoms with Crippen LogP contribution in [0.3, 0.4) is 0 Å². The van der Waals surface area contributed by atoms with E-state index in [0.29, 0.717) is 6.42 Å². The molecule has 6 heteroatoms. The Morgan fingerprint density at radius 3 is 2.81 bits per heavy atom. The molecule has 132 valence electrons. The van der Waals surface area contributed by atoms with Gasteiger partial charge in [0, 0.05) is 23.3 Å². The number of carbonyl (C=O) groups excluding carboxylic acids is 1. The molecule has 1 aromatic carbocycles. The third-order valence-electron chi connectivity index (χ3n) is 4.63. The van der Waals surface area contributed by atoms with E-state index in [0.717, 1.165) is 27.9 Å². The summed E-state index contributed by atoms with van der Waals surface area (Å²) < 4.78 is 1.93. The molecule has 0 radical (unpaired) electrons. The molecule has 0 aliphatic carbocycles. The van der Waals surface area contributed by atoms with Crippen LogP contribution in [0.5, 0.6) is 0 Å². The topological polar surface area (TPSA) is 75.1 Å². The number of aromatic amines is 1. The van der Waals surface area contributed by atoms with Crippen LogP contribution in [-0.4, -0.2) is 25.5 Å². The van der Waals surface area contributed by atoms with E-state index >= 15 is 0 Å². The van der Waals surface area contributed by atoms with Crippen molar-refractivity contribution in [3.8, 4) is 0 Å². The van der Waals surface area contributed by atoms with E-state index < -0.39 is 0 Å². The van der Waals surface area contributed by atoms with Crippen LogP contribution in [0.4, 0.5) is 0 Å². The van der Waals surface area contributed by atoms with Gasteiger partial charge in [-0.05, 0) is 29.7 Å². The first-order valence-electron chi connectivity index (χ1n) is 8.77. The van der Waals surface area contributed by atoms with Gasteiger partial charge < -0.3 is 10.3 Å². The smallest absolute Gasteiger partial charge is 0.225 e. The third-order valence-corrected chi connectivity index (χ3v) is 4.63. The summed E-state index contributed by atoms with van der Waals surface area (Å²) in [6, 6.07) is 13.6. The van der Waals surface area contributed by atoms with Crippen molar-refractivity contribution in [2.45, 2.75) is 26.3 Å². The lowest BCUT2D eigenvalue weighted by Gasteiger charge is -2.21. The summed E-state index contributed by atoms with van der Waals surface area (Å²) in [5.41, 5.74) is 2.81. The van der Waals surface area contributed by atoms with Gasteiger partial charge in [-0.25, -0.2) is 0 Å². The van der Waals surface area contributed by atoms with Gasteiger partial charge in [-0.1, -0.05) is 38.1 Å². The Labute approximate surface area is 151 Å². The molecule has 0 aliphatic heterocycles. The molecule has 2 N–H and O–H groups in total. The first kappa shape index (κ1) is 16.3. The van der Waals surface area contributed by atoms with E-state index in [-0.39, 0.29) is 17.9 Å². The van der Waals surface area contributed by atoms with Gasteiger partial charge in [0.25, 0.3) is 0 Å². The van der Waals surface area contributed by atoms with Crippen molar-refractivity contribution in [2.24, 2.45) is 5.92 Å². The summed E-state index contributed by atoms with van der Waals surface area (Å²) in [4.78, 5) is 15.9. The van der Waals surface area contributed by atoms with Crippen LogP contribution in [0.2, 0.25) is 0 Å². The molecular weight excluding hydrogens is 326 g/mol. The standard InChI is InChI=1S/C20H21N5O/c1-13(2)19(20-24-23-17-9-5-6-10-25(17)20)22-18(26)11-14-12-21-16-8-4-3-7-15(14)16/h3-10,12-13,19,21H,11H2,1-2H3,(H,22,26). The number of aromatic nitrogens is 4. The predicted molar refractivity (Wildman–Crippen MR) is 101 cm³/mol. The van der Waals surface area contributed by atoms with Crippen molar-refractivity contribution in [1.29, 1.82) is 0 Å². The number of hydrogen-bond acceptors (Lipinski definition) is 3. The number of rotatable bonds is 5. The molecule has 0 fully saturated rings. The molecule has 0 saturated heterocycles. The molecule has 0 saturated carbocycles. The SMILES string of the molecule is CC(C)C(NC(=O)Cc1c[nH]c2ccccc12)c1nnc2ccccn12. The molecular formula is C20H21N5O. The highest BCUT2D eigenvalue weighted by Crippen LogP contribution is 2.22. The van der Waals surface area contributed by atoms with E-state index in [1.165, 1.54) is 0 Å². The Kier molecular flexibility index (Phi) is 4.16. The van der Waals surface area contributed by atoms with Crippen LogP contribution in [0.1, 0.15) is 31.3 Å². The fraction of sp³-hybridized carbons (Fsp3) is 0.250. The minimum atomic E-state index is -0.204. The van der Waals surface area contributed by atoms with E-state index in [1.54, 1.807) is 0 Å². The quantitative estimate of drug-likeness (QED) is 0.582. The van der Waals surface area contributed by atoms with Crippen molar-refractivity contribution >= 4 is 22.5 Å². The first-order chi connectivity index (χ1) is 12.6. The van der Waals surface area contributed by atoms with Gasteiger partial charge in [0.1, 0.15) is 0 Å². The minimum Gasteiger partial charge on any atom is -0.361 e. The van der Waals surface area contributed by atoms with E-state index in [1.807, 2.05) is 59.3 Å². The van der Waals surface area contributed by atoms with Crippen LogP contribution in [0.25, 0.3) is 16.6 Å². The minimum absolute atomic E-state index is 0.0267. The highest BCUT2D eigenvalue weighted by atomic mass is 16.1. The zero-order chi connectivity index (χ0) is 18.1. The van der Waals surface area contributed by atoms with E-state index in [4.69, 9.17) is 0 Å². The Bertz CT molecular complexity index is 1060. The average molecular weight is 347 g/mol. The number of nitrogens with zero attached hydrogens (tertiary/aromatic N) is 3. The van der Waals surface area contributed by atoms with Crippen LogP contribution in [0.15, 0.2) is 54.9 Å². The number of hydrogen-bond donors (Lipinski definition) is 2. The molecule has 26 heavy (non-hydrogen) atoms. The molecule has 1 unspecified atom stereocenters. The Morgan fingerprint density at radius 1 is 1.15 bits per heavy atom. The van der Waals surface area contributed by atoms with Crippen molar-refractivity contribution in [1.82, 2.24) is 24.9 Å². The zero-order valence-electron chi connectivity index (χ0n) is 14.8. The summed E-state index contributed by atoms with van der Waals surface area (Å²) in [5.74, 6) is 0.915. The highest BCUT2D eigenvalue weighted by molar-refractivity contribution is 5.88. The third kappa shape index (κ3) is 2.94. The van der Waals surface area contributed by atoms with Crippen LogP contribution in [-0.2, 0) is 11.2 Å². The van der Waals surface area contributed by atoms with Gasteiger partial charge in [-0.3, -0.25) is 9.20 Å². The zero-order valence-corrected chi connectivity index (χ0v) is 14.8. The van der Waals surface area contributed by atoms with Gasteiger partial charge in [-0.15, -0.1) is 10.2 Å². The molecule has 4 aromatic rings. The van der Waals surface area contributed by atoms with Crippen molar-refractivity contribution < 1.29 is 4.79 Å². The summed E-state index contributed by atoms with van der Waals surface area (Å²) >= 11 is 0. The molecule has 3 heterocycles. The maximum atomic E-state index is 12.7. The summed E-state index contributed by atoms with van der Waals surface area (Å²) in [6.45, 7) is 4.14. The second kappa shape index (κ2) is 6.63. The van der Waals surface area contributed by atoms with Crippen molar-refractivity contribution in [2.75, 3.05) is 0 Å². The number of amides is 1. The van der Waals surface area contributed by atoms with Gasteiger partial charge >= 0.3 is 0 Å². The largest absolute Gasteiger partial charge is 0.361 e. The normalized spacial score (nSPS) is 12.7. The van der Waals surface area contributed by atoms with E-state index in [2.05, 4.69) is 34.3 Å². The number of fused-ring (bicyclic) bond motifs is 2. The number of H-pyrrole nitrogens is 1. The second-order valence-electron chi connectivity index (χ2n) is 6.81. The summed E-state index contributed by atoms with van der Waals surface area (Å²) in [5, 5.41) is 12.7. The van der Waals surface area contributed by atoms with Crippen LogP contribution >= 0.6 is 0 Å². The predicted octanol–water partition coefficient (Wildman–Crippen LogP) is 3.27. The molecule has 1 amide bonds. The van der Waals surface area contributed by atoms with Gasteiger partial charge in [0.15, 0.2) is 11.5 Å². The number of carbonyl (C=O) groups is 1. The monoisotopic (exact) mass is 347 g/mol. The van der Waals surface area contributed by atoms with Gasteiger partial charge in [0.2, 0.25) is 5.91 Å². The fourth-order valence-corrected chi connectivity index (χ4v) is 3.28. The fourth-order valence-electron chi connectivity index (χ4n) is 3.28. The number of pyridine rings is 1. The van der Waals surface area contributed by atoms with E-state index in [9.17, 15) is 4.79 Å². The molecule has 3 aromatic heterocycles. The Balaban J connectivity index is 1.58. The van der Waals surface area contributed by atoms with Gasteiger partial charge in [0.05, 0.1) is 12.5 Å². The maximum Gasteiger partial charge on any atom is 0.225 e. The van der Waals surface area contributed by atoms with Crippen molar-refractivity contribution in [3.63, 3.8) is 0 Å². The Morgan fingerprint density at radius 2 is 1.96 bits per heavy atom. The van der Waals surface area contributed by atoms with Crippen LogP contribution in [0, 0.1) is 5.92 Å². The number of nitrogens with one attached hydrogen (secondary N) is 2. The van der Waals surface area contributed by atoms with Gasteiger partial charge in [-0.2, -0.15) is 0 Å². The molecule has 0 bridgehead atoms. The Hall–Kier alpha value is -3.15. The highest BCUT2D eigenvalue weighted by Gasteiger charge is 2.24.